The molecule has 1 N–H and O–H groups in total. The summed E-state index contributed by atoms with van der Waals surface area (Å²) in [6.45, 7) is 1.61. The summed E-state index contributed by atoms with van der Waals surface area (Å²) in [5, 5.41) is 11.4. The van der Waals surface area contributed by atoms with Gasteiger partial charge in [-0.15, -0.1) is 0 Å². The van der Waals surface area contributed by atoms with Gasteiger partial charge in [-0.05, 0) is 24.1 Å². The summed E-state index contributed by atoms with van der Waals surface area (Å²) in [7, 11) is -1.92. The fourth-order valence-corrected chi connectivity index (χ4v) is 4.13. The molecule has 8 nitrogen and oxygen atoms in total. The van der Waals surface area contributed by atoms with Gasteiger partial charge in [0.1, 0.15) is 11.9 Å². The first-order valence-electron chi connectivity index (χ1n) is 8.71. The highest BCUT2D eigenvalue weighted by Crippen LogP contribution is 2.51. The summed E-state index contributed by atoms with van der Waals surface area (Å²) < 4.78 is 82.5. The zero-order valence-corrected chi connectivity index (χ0v) is 17.3. The Balaban J connectivity index is 2.36. The van der Waals surface area contributed by atoms with E-state index in [9.17, 15) is 26.7 Å². The largest absolute Gasteiger partial charge is 0.534 e. The van der Waals surface area contributed by atoms with Crippen LogP contribution in [0.2, 0.25) is 0 Å². The van der Waals surface area contributed by atoms with Crippen molar-refractivity contribution >= 4 is 21.0 Å². The van der Waals surface area contributed by atoms with Gasteiger partial charge in [0.2, 0.25) is 5.88 Å². The Morgan fingerprint density at radius 2 is 1.80 bits per heavy atom. The van der Waals surface area contributed by atoms with Crippen LogP contribution in [0.1, 0.15) is 36.5 Å². The maximum Gasteiger partial charge on any atom is 0.534 e. The van der Waals surface area contributed by atoms with Gasteiger partial charge in [0.15, 0.2) is 5.79 Å². The molecule has 12 heteroatoms. The predicted octanol–water partition coefficient (Wildman–Crippen LogP) is 3.00. The highest BCUT2D eigenvalue weighted by atomic mass is 32.2. The van der Waals surface area contributed by atoms with Crippen molar-refractivity contribution in [3.63, 3.8) is 0 Å². The van der Waals surface area contributed by atoms with Crippen LogP contribution in [0.3, 0.4) is 0 Å². The van der Waals surface area contributed by atoms with Gasteiger partial charge in [-0.3, -0.25) is 0 Å². The standard InChI is InChI=1S/C18H20F3NO7S/c1-9-8-17(27-3,28-4)15(23)14-11-7-10(26-2)5-6-12(11)22-16(13(9)14)29-30(24,25)18(19,20)21/h5-7,9,15,23H,8H2,1-4H3/t9-,15+/m0/s1. The van der Waals surface area contributed by atoms with E-state index in [1.54, 1.807) is 6.92 Å². The van der Waals surface area contributed by atoms with Crippen molar-refractivity contribution in [2.75, 3.05) is 21.3 Å². The summed E-state index contributed by atoms with van der Waals surface area (Å²) in [6, 6.07) is 4.43. The molecule has 1 aliphatic rings. The van der Waals surface area contributed by atoms with Crippen LogP contribution in [-0.2, 0) is 19.6 Å². The number of aromatic nitrogens is 1. The van der Waals surface area contributed by atoms with Crippen molar-refractivity contribution in [3.05, 3.63) is 29.3 Å². The first-order chi connectivity index (χ1) is 13.9. The molecule has 0 unspecified atom stereocenters. The Bertz CT molecular complexity index is 1070. The van der Waals surface area contributed by atoms with Crippen molar-refractivity contribution < 1.29 is 45.1 Å². The lowest BCUT2D eigenvalue weighted by Gasteiger charge is -2.43. The average molecular weight is 451 g/mol. The van der Waals surface area contributed by atoms with Crippen molar-refractivity contribution in [2.45, 2.75) is 36.7 Å². The molecule has 1 aromatic carbocycles. The van der Waals surface area contributed by atoms with Gasteiger partial charge in [-0.25, -0.2) is 4.98 Å². The Hall–Kier alpha value is -2.15. The molecule has 1 aliphatic carbocycles. The molecular weight excluding hydrogens is 431 g/mol. The van der Waals surface area contributed by atoms with E-state index in [1.165, 1.54) is 39.5 Å². The summed E-state index contributed by atoms with van der Waals surface area (Å²) in [5.41, 5.74) is -5.44. The molecule has 1 aromatic heterocycles. The molecule has 1 heterocycles. The smallest absolute Gasteiger partial charge is 0.497 e. The van der Waals surface area contributed by atoms with Crippen LogP contribution in [0, 0.1) is 0 Å². The molecule has 0 radical (unpaired) electrons. The van der Waals surface area contributed by atoms with E-state index >= 15 is 0 Å². The van der Waals surface area contributed by atoms with Crippen LogP contribution in [-0.4, -0.2) is 51.1 Å². The molecule has 0 spiro atoms. The number of aliphatic hydroxyl groups excluding tert-OH is 1. The zero-order valence-electron chi connectivity index (χ0n) is 16.5. The molecule has 2 aromatic rings. The third-order valence-electron chi connectivity index (χ3n) is 5.17. The number of methoxy groups -OCH3 is 3. The maximum atomic E-state index is 12.9. The van der Waals surface area contributed by atoms with Gasteiger partial charge in [0.25, 0.3) is 0 Å². The summed E-state index contributed by atoms with van der Waals surface area (Å²) in [6.07, 6.45) is -1.47. The van der Waals surface area contributed by atoms with Crippen LogP contribution in [0.25, 0.3) is 10.9 Å². The lowest BCUT2D eigenvalue weighted by molar-refractivity contribution is -0.271. The fraction of sp³-hybridized carbons (Fsp3) is 0.500. The second-order valence-corrected chi connectivity index (χ2v) is 8.38. The van der Waals surface area contributed by atoms with E-state index in [0.29, 0.717) is 11.1 Å². The van der Waals surface area contributed by atoms with Gasteiger partial charge < -0.3 is 23.5 Å². The van der Waals surface area contributed by atoms with Crippen molar-refractivity contribution in [2.24, 2.45) is 0 Å². The number of benzene rings is 1. The SMILES string of the molecule is COc1ccc2nc(OS(=O)(=O)C(F)(F)F)c3c(c2c1)[C@@H](O)C(OC)(OC)C[C@@H]3C. The molecule has 0 saturated heterocycles. The van der Waals surface area contributed by atoms with Crippen molar-refractivity contribution in [3.8, 4) is 11.6 Å². The molecule has 0 bridgehead atoms. The quantitative estimate of drug-likeness (QED) is 0.420. The third-order valence-corrected chi connectivity index (χ3v) is 6.12. The third kappa shape index (κ3) is 3.47. The summed E-state index contributed by atoms with van der Waals surface area (Å²) in [5.74, 6) is -2.50. The first-order valence-corrected chi connectivity index (χ1v) is 10.1. The van der Waals surface area contributed by atoms with Gasteiger partial charge in [-0.1, -0.05) is 6.92 Å². The number of ether oxygens (including phenoxy) is 3. The second kappa shape index (κ2) is 7.52. The number of halogens is 3. The number of alkyl halides is 3. The number of fused-ring (bicyclic) bond motifs is 3. The van der Waals surface area contributed by atoms with Crippen LogP contribution < -0.4 is 8.92 Å². The zero-order chi connectivity index (χ0) is 22.5. The maximum absolute atomic E-state index is 12.9. The number of nitrogens with zero attached hydrogens (tertiary/aromatic N) is 1. The molecule has 0 saturated carbocycles. The molecule has 2 atom stereocenters. The Morgan fingerprint density at radius 3 is 2.33 bits per heavy atom. The highest BCUT2D eigenvalue weighted by molar-refractivity contribution is 7.87. The van der Waals surface area contributed by atoms with Crippen molar-refractivity contribution in [1.82, 2.24) is 4.98 Å². The van der Waals surface area contributed by atoms with Gasteiger partial charge in [-0.2, -0.15) is 21.6 Å². The molecule has 0 fully saturated rings. The molecule has 3 rings (SSSR count). The van der Waals surface area contributed by atoms with Crippen molar-refractivity contribution in [1.29, 1.82) is 0 Å². The molecule has 30 heavy (non-hydrogen) atoms. The number of pyridine rings is 1. The Morgan fingerprint density at radius 1 is 1.17 bits per heavy atom. The topological polar surface area (TPSA) is 104 Å². The predicted molar refractivity (Wildman–Crippen MR) is 98.6 cm³/mol. The summed E-state index contributed by atoms with van der Waals surface area (Å²) >= 11 is 0. The van der Waals surface area contributed by atoms with E-state index < -0.39 is 39.3 Å². The first kappa shape index (κ1) is 22.5. The minimum absolute atomic E-state index is 0.00769. The fourth-order valence-electron chi connectivity index (χ4n) is 3.70. The normalized spacial score (nSPS) is 21.3. The van der Waals surface area contributed by atoms with Crippen LogP contribution in [0.4, 0.5) is 13.2 Å². The summed E-state index contributed by atoms with van der Waals surface area (Å²) in [4.78, 5) is 4.00. The van der Waals surface area contributed by atoms with Gasteiger partial charge in [0, 0.05) is 37.2 Å². The van der Waals surface area contributed by atoms with Crippen LogP contribution >= 0.6 is 0 Å². The Kier molecular flexibility index (Phi) is 5.65. The van der Waals surface area contributed by atoms with E-state index in [1.807, 2.05) is 0 Å². The molecule has 0 amide bonds. The molecule has 166 valence electrons. The van der Waals surface area contributed by atoms with Crippen LogP contribution in [0.15, 0.2) is 18.2 Å². The number of hydrogen-bond donors (Lipinski definition) is 1. The van der Waals surface area contributed by atoms with E-state index in [4.69, 9.17) is 14.2 Å². The van der Waals surface area contributed by atoms with E-state index in [0.717, 1.165) is 0 Å². The lowest BCUT2D eigenvalue weighted by Crippen LogP contribution is -2.45. The van der Waals surface area contributed by atoms with Gasteiger partial charge >= 0.3 is 15.6 Å². The minimum Gasteiger partial charge on any atom is -0.497 e. The number of rotatable bonds is 5. The number of hydrogen-bond acceptors (Lipinski definition) is 8. The van der Waals surface area contributed by atoms with E-state index in [-0.39, 0.29) is 23.1 Å². The second-order valence-electron chi connectivity index (χ2n) is 6.84. The monoisotopic (exact) mass is 451 g/mol. The van der Waals surface area contributed by atoms with E-state index in [2.05, 4.69) is 9.17 Å². The van der Waals surface area contributed by atoms with Gasteiger partial charge in [0.05, 0.1) is 12.6 Å². The minimum atomic E-state index is -5.98. The molecular formula is C18H20F3NO7S. The van der Waals surface area contributed by atoms with Crippen LogP contribution in [0.5, 0.6) is 11.6 Å². The Labute approximate surface area is 170 Å². The molecule has 0 aliphatic heterocycles. The average Bonchev–Trinajstić information content (AvgIpc) is 2.68. The number of aliphatic hydroxyl groups is 1. The highest BCUT2D eigenvalue weighted by Gasteiger charge is 2.52. The lowest BCUT2D eigenvalue weighted by atomic mass is 9.77.